The summed E-state index contributed by atoms with van der Waals surface area (Å²) in [6.07, 6.45) is 0. The molecule has 0 fully saturated rings. The number of phenolic OH excluding ortho intramolecular Hbond substituents is 1. The number of amides is 1. The molecule has 0 aliphatic heterocycles. The van der Waals surface area contributed by atoms with E-state index in [4.69, 9.17) is 0 Å². The van der Waals surface area contributed by atoms with Crippen molar-refractivity contribution in [2.75, 3.05) is 5.32 Å². The molecule has 0 atom stereocenters. The average Bonchev–Trinajstić information content (AvgIpc) is 2.38. The van der Waals surface area contributed by atoms with Crippen molar-refractivity contribution < 1.29 is 14.3 Å². The summed E-state index contributed by atoms with van der Waals surface area (Å²) in [5.41, 5.74) is 1.79. The molecule has 0 aliphatic rings. The van der Waals surface area contributed by atoms with Gasteiger partial charge < -0.3 is 10.4 Å². The van der Waals surface area contributed by atoms with Crippen molar-refractivity contribution in [3.63, 3.8) is 0 Å². The van der Waals surface area contributed by atoms with Gasteiger partial charge in [0, 0.05) is 11.3 Å². The number of rotatable bonds is 2. The van der Waals surface area contributed by atoms with Crippen molar-refractivity contribution in [2.45, 2.75) is 13.8 Å². The Morgan fingerprint density at radius 2 is 1.95 bits per heavy atom. The molecule has 19 heavy (non-hydrogen) atoms. The lowest BCUT2D eigenvalue weighted by Gasteiger charge is -2.10. The fourth-order valence-corrected chi connectivity index (χ4v) is 1.76. The van der Waals surface area contributed by atoms with Gasteiger partial charge in [-0.05, 0) is 38.1 Å². The predicted molar refractivity (Wildman–Crippen MR) is 71.9 cm³/mol. The molecule has 0 radical (unpaired) electrons. The molecule has 4 heteroatoms. The van der Waals surface area contributed by atoms with Crippen molar-refractivity contribution >= 4 is 11.6 Å². The Balaban J connectivity index is 2.31. The number of anilines is 1. The number of aromatic hydroxyl groups is 1. The largest absolute Gasteiger partial charge is 0.507 e. The number of benzene rings is 2. The van der Waals surface area contributed by atoms with Gasteiger partial charge in [-0.3, -0.25) is 4.79 Å². The number of phenols is 1. The first-order valence-electron chi connectivity index (χ1n) is 5.85. The van der Waals surface area contributed by atoms with E-state index in [-0.39, 0.29) is 17.1 Å². The maximum atomic E-state index is 13.4. The number of aryl methyl sites for hydroxylation is 1. The first-order valence-corrected chi connectivity index (χ1v) is 5.85. The predicted octanol–water partition coefficient (Wildman–Crippen LogP) is 3.40. The maximum Gasteiger partial charge on any atom is 0.259 e. The van der Waals surface area contributed by atoms with E-state index >= 15 is 0 Å². The van der Waals surface area contributed by atoms with E-state index in [1.807, 2.05) is 6.92 Å². The van der Waals surface area contributed by atoms with Crippen molar-refractivity contribution in [1.29, 1.82) is 0 Å². The van der Waals surface area contributed by atoms with E-state index in [0.29, 0.717) is 11.3 Å². The number of hydrogen-bond donors (Lipinski definition) is 2. The molecule has 0 spiro atoms. The molecule has 0 heterocycles. The Hall–Kier alpha value is -2.36. The van der Waals surface area contributed by atoms with Crippen molar-refractivity contribution in [3.05, 3.63) is 58.9 Å². The highest BCUT2D eigenvalue weighted by atomic mass is 19.1. The van der Waals surface area contributed by atoms with E-state index in [0.717, 1.165) is 5.56 Å². The van der Waals surface area contributed by atoms with E-state index < -0.39 is 5.91 Å². The van der Waals surface area contributed by atoms with E-state index in [9.17, 15) is 14.3 Å². The summed E-state index contributed by atoms with van der Waals surface area (Å²) in [7, 11) is 0. The summed E-state index contributed by atoms with van der Waals surface area (Å²) in [5.74, 6) is -0.946. The van der Waals surface area contributed by atoms with Gasteiger partial charge in [-0.2, -0.15) is 0 Å². The summed E-state index contributed by atoms with van der Waals surface area (Å²) in [6.45, 7) is 3.41. The van der Waals surface area contributed by atoms with E-state index in [2.05, 4.69) is 5.32 Å². The van der Waals surface area contributed by atoms with Gasteiger partial charge in [0.25, 0.3) is 5.91 Å². The number of halogens is 1. The number of nitrogens with one attached hydrogen (secondary N) is 1. The van der Waals surface area contributed by atoms with Gasteiger partial charge in [0.15, 0.2) is 0 Å². The standard InChI is InChI=1S/C15H14FNO2/c1-9-6-7-14(18)11(8-9)15(19)17-13-5-3-4-12(16)10(13)2/h3-8,18H,1-2H3,(H,17,19). The fraction of sp³-hybridized carbons (Fsp3) is 0.133. The lowest BCUT2D eigenvalue weighted by Crippen LogP contribution is -2.13. The van der Waals surface area contributed by atoms with Crippen LogP contribution in [0.2, 0.25) is 0 Å². The third-order valence-electron chi connectivity index (χ3n) is 2.91. The second kappa shape index (κ2) is 5.10. The van der Waals surface area contributed by atoms with Crippen LogP contribution in [0, 0.1) is 19.7 Å². The highest BCUT2D eigenvalue weighted by Gasteiger charge is 2.13. The van der Waals surface area contributed by atoms with Gasteiger partial charge >= 0.3 is 0 Å². The monoisotopic (exact) mass is 259 g/mol. The summed E-state index contributed by atoms with van der Waals surface area (Å²) in [4.78, 5) is 12.1. The molecule has 0 aromatic heterocycles. The molecule has 1 amide bonds. The van der Waals surface area contributed by atoms with E-state index in [1.165, 1.54) is 18.2 Å². The van der Waals surface area contributed by atoms with Crippen LogP contribution in [0.1, 0.15) is 21.5 Å². The second-order valence-corrected chi connectivity index (χ2v) is 4.39. The van der Waals surface area contributed by atoms with Gasteiger partial charge in [-0.15, -0.1) is 0 Å². The van der Waals surface area contributed by atoms with Gasteiger partial charge in [-0.25, -0.2) is 4.39 Å². The first-order chi connectivity index (χ1) is 8.99. The number of carbonyl (C=O) groups excluding carboxylic acids is 1. The first kappa shape index (κ1) is 13.1. The lowest BCUT2D eigenvalue weighted by atomic mass is 10.1. The summed E-state index contributed by atoms with van der Waals surface area (Å²) in [5, 5.41) is 12.3. The Kier molecular flexibility index (Phi) is 3.51. The molecule has 0 aliphatic carbocycles. The van der Waals surface area contributed by atoms with Crippen molar-refractivity contribution in [3.8, 4) is 5.75 Å². The maximum absolute atomic E-state index is 13.4. The molecule has 2 aromatic rings. The van der Waals surface area contributed by atoms with Crippen LogP contribution in [0.5, 0.6) is 5.75 Å². The average molecular weight is 259 g/mol. The smallest absolute Gasteiger partial charge is 0.259 e. The Labute approximate surface area is 110 Å². The van der Waals surface area contributed by atoms with Crippen LogP contribution in [0.4, 0.5) is 10.1 Å². The SMILES string of the molecule is Cc1ccc(O)c(C(=O)Nc2cccc(F)c2C)c1. The highest BCUT2D eigenvalue weighted by molar-refractivity contribution is 6.06. The van der Waals surface area contributed by atoms with Crippen molar-refractivity contribution in [1.82, 2.24) is 0 Å². The normalized spacial score (nSPS) is 10.3. The molecular formula is C15H14FNO2. The van der Waals surface area contributed by atoms with Crippen LogP contribution in [0.15, 0.2) is 36.4 Å². The molecule has 98 valence electrons. The van der Waals surface area contributed by atoms with Gasteiger partial charge in [0.05, 0.1) is 5.56 Å². The van der Waals surface area contributed by atoms with E-state index in [1.54, 1.807) is 25.1 Å². The molecule has 0 saturated carbocycles. The summed E-state index contributed by atoms with van der Waals surface area (Å²) >= 11 is 0. The Morgan fingerprint density at radius 1 is 1.21 bits per heavy atom. The van der Waals surface area contributed by atoms with Crippen LogP contribution in [-0.4, -0.2) is 11.0 Å². The zero-order chi connectivity index (χ0) is 14.0. The minimum absolute atomic E-state index is 0.0999. The fourth-order valence-electron chi connectivity index (χ4n) is 1.76. The van der Waals surface area contributed by atoms with Gasteiger partial charge in [0.2, 0.25) is 0 Å². The molecule has 3 nitrogen and oxygen atoms in total. The third-order valence-corrected chi connectivity index (χ3v) is 2.91. The van der Waals surface area contributed by atoms with Crippen LogP contribution >= 0.6 is 0 Å². The van der Waals surface area contributed by atoms with Gasteiger partial charge in [0.1, 0.15) is 11.6 Å². The van der Waals surface area contributed by atoms with Crippen LogP contribution in [0.3, 0.4) is 0 Å². The zero-order valence-corrected chi connectivity index (χ0v) is 10.7. The number of carbonyl (C=O) groups is 1. The Bertz CT molecular complexity index is 638. The highest BCUT2D eigenvalue weighted by Crippen LogP contribution is 2.22. The molecule has 2 aromatic carbocycles. The molecule has 0 unspecified atom stereocenters. The van der Waals surface area contributed by atoms with Crippen LogP contribution in [-0.2, 0) is 0 Å². The quantitative estimate of drug-likeness (QED) is 0.868. The zero-order valence-electron chi connectivity index (χ0n) is 10.7. The molecule has 0 bridgehead atoms. The molecule has 2 rings (SSSR count). The second-order valence-electron chi connectivity index (χ2n) is 4.39. The number of hydrogen-bond acceptors (Lipinski definition) is 2. The molecule has 0 saturated heterocycles. The topological polar surface area (TPSA) is 49.3 Å². The molecule has 2 N–H and O–H groups in total. The minimum atomic E-state index is -0.463. The summed E-state index contributed by atoms with van der Waals surface area (Å²) in [6, 6.07) is 9.22. The van der Waals surface area contributed by atoms with Crippen LogP contribution in [0.25, 0.3) is 0 Å². The Morgan fingerprint density at radius 3 is 2.68 bits per heavy atom. The third kappa shape index (κ3) is 2.73. The molecular weight excluding hydrogens is 245 g/mol. The lowest BCUT2D eigenvalue weighted by molar-refractivity contribution is 0.102. The minimum Gasteiger partial charge on any atom is -0.507 e. The van der Waals surface area contributed by atoms with Crippen molar-refractivity contribution in [2.24, 2.45) is 0 Å². The van der Waals surface area contributed by atoms with Gasteiger partial charge in [-0.1, -0.05) is 17.7 Å². The summed E-state index contributed by atoms with van der Waals surface area (Å²) < 4.78 is 13.4. The van der Waals surface area contributed by atoms with Crippen LogP contribution < -0.4 is 5.32 Å².